The molecule has 1 aliphatic rings. The van der Waals surface area contributed by atoms with Crippen LogP contribution < -0.4 is 5.56 Å². The molecule has 0 unspecified atom stereocenters. The van der Waals surface area contributed by atoms with Gasteiger partial charge in [0.2, 0.25) is 0 Å². The lowest BCUT2D eigenvalue weighted by Gasteiger charge is -2.22. The second-order valence-electron chi connectivity index (χ2n) is 7.01. The van der Waals surface area contributed by atoms with Crippen LogP contribution in [0.5, 0.6) is 0 Å². The predicted molar refractivity (Wildman–Crippen MR) is 107 cm³/mol. The van der Waals surface area contributed by atoms with Gasteiger partial charge in [0.1, 0.15) is 5.69 Å². The molecule has 0 spiro atoms. The Bertz CT molecular complexity index is 997. The molecule has 0 saturated carbocycles. The molecule has 1 N–H and O–H groups in total. The molecular weight excluding hydrogens is 338 g/mol. The van der Waals surface area contributed by atoms with Gasteiger partial charge in [0.25, 0.3) is 11.5 Å². The van der Waals surface area contributed by atoms with Crippen molar-refractivity contribution in [3.05, 3.63) is 82.3 Å². The first kappa shape index (κ1) is 17.5. The lowest BCUT2D eigenvalue weighted by Crippen LogP contribution is -2.36. The van der Waals surface area contributed by atoms with Crippen molar-refractivity contribution in [3.63, 3.8) is 0 Å². The predicted octanol–water partition coefficient (Wildman–Crippen LogP) is 2.88. The summed E-state index contributed by atoms with van der Waals surface area (Å²) in [6.07, 6.45) is 0.927. The third kappa shape index (κ3) is 3.93. The Morgan fingerprint density at radius 1 is 0.926 bits per heavy atom. The monoisotopic (exact) mass is 361 g/mol. The Morgan fingerprint density at radius 2 is 1.70 bits per heavy atom. The zero-order valence-corrected chi connectivity index (χ0v) is 15.2. The molecule has 27 heavy (non-hydrogen) atoms. The van der Waals surface area contributed by atoms with Gasteiger partial charge < -0.3 is 9.88 Å². The maximum absolute atomic E-state index is 13.0. The Balaban J connectivity index is 1.47. The second-order valence-corrected chi connectivity index (χ2v) is 7.01. The Labute approximate surface area is 158 Å². The number of carbonyl (C=O) groups is 1. The van der Waals surface area contributed by atoms with E-state index in [9.17, 15) is 9.59 Å². The highest BCUT2D eigenvalue weighted by molar-refractivity contribution is 5.96. The lowest BCUT2D eigenvalue weighted by molar-refractivity contribution is 0.0755. The number of fused-ring (bicyclic) bond motifs is 1. The van der Waals surface area contributed by atoms with E-state index in [1.165, 1.54) is 5.56 Å². The summed E-state index contributed by atoms with van der Waals surface area (Å²) >= 11 is 0. The molecule has 0 radical (unpaired) electrons. The summed E-state index contributed by atoms with van der Waals surface area (Å²) in [5.74, 6) is -0.0978. The van der Waals surface area contributed by atoms with E-state index in [0.29, 0.717) is 24.2 Å². The van der Waals surface area contributed by atoms with Crippen molar-refractivity contribution in [2.75, 3.05) is 26.2 Å². The summed E-state index contributed by atoms with van der Waals surface area (Å²) < 4.78 is 0. The summed E-state index contributed by atoms with van der Waals surface area (Å²) in [5, 5.41) is 1.41. The number of nitrogens with one attached hydrogen (secondary N) is 1. The van der Waals surface area contributed by atoms with E-state index in [0.717, 1.165) is 31.4 Å². The average Bonchev–Trinajstić information content (AvgIpc) is 2.94. The number of hydrogen-bond donors (Lipinski definition) is 1. The summed E-state index contributed by atoms with van der Waals surface area (Å²) in [5.41, 5.74) is 1.45. The molecule has 0 atom stereocenters. The first-order valence-electron chi connectivity index (χ1n) is 9.38. The van der Waals surface area contributed by atoms with Crippen LogP contribution in [0.15, 0.2) is 65.5 Å². The first-order valence-corrected chi connectivity index (χ1v) is 9.38. The number of carbonyl (C=O) groups excluding carboxylic acids is 1. The third-order valence-electron chi connectivity index (χ3n) is 5.11. The second kappa shape index (κ2) is 7.76. The average molecular weight is 361 g/mol. The van der Waals surface area contributed by atoms with Gasteiger partial charge in [-0.15, -0.1) is 0 Å². The van der Waals surface area contributed by atoms with E-state index in [4.69, 9.17) is 0 Å². The minimum atomic E-state index is -0.211. The first-order chi connectivity index (χ1) is 13.2. The topological polar surface area (TPSA) is 56.4 Å². The Kier molecular flexibility index (Phi) is 5.03. The van der Waals surface area contributed by atoms with E-state index in [1.54, 1.807) is 12.1 Å². The molecular formula is C22H23N3O2. The highest BCUT2D eigenvalue weighted by Gasteiger charge is 2.21. The maximum Gasteiger partial charge on any atom is 0.270 e. The number of hydrogen-bond acceptors (Lipinski definition) is 3. The number of nitrogens with zero attached hydrogens (tertiary/aromatic N) is 2. The number of rotatable bonds is 3. The largest absolute Gasteiger partial charge is 0.336 e. The van der Waals surface area contributed by atoms with Crippen molar-refractivity contribution in [2.45, 2.75) is 13.0 Å². The van der Waals surface area contributed by atoms with E-state index >= 15 is 0 Å². The normalized spacial score (nSPS) is 15.6. The van der Waals surface area contributed by atoms with Crippen LogP contribution >= 0.6 is 0 Å². The minimum Gasteiger partial charge on any atom is -0.336 e. The highest BCUT2D eigenvalue weighted by Crippen LogP contribution is 2.14. The minimum absolute atomic E-state index is 0.0978. The summed E-state index contributed by atoms with van der Waals surface area (Å²) in [4.78, 5) is 32.2. The number of benzene rings is 2. The number of pyridine rings is 1. The summed E-state index contributed by atoms with van der Waals surface area (Å²) in [6.45, 7) is 4.07. The molecule has 2 heterocycles. The van der Waals surface area contributed by atoms with Gasteiger partial charge in [-0.3, -0.25) is 14.5 Å². The van der Waals surface area contributed by atoms with Crippen molar-refractivity contribution >= 4 is 16.7 Å². The number of aromatic nitrogens is 1. The van der Waals surface area contributed by atoms with Crippen LogP contribution in [0.2, 0.25) is 0 Å². The van der Waals surface area contributed by atoms with Crippen molar-refractivity contribution in [1.82, 2.24) is 14.8 Å². The van der Waals surface area contributed by atoms with Crippen LogP contribution in [0.3, 0.4) is 0 Å². The van der Waals surface area contributed by atoms with Gasteiger partial charge in [-0.1, -0.05) is 48.5 Å². The van der Waals surface area contributed by atoms with E-state index < -0.39 is 0 Å². The highest BCUT2D eigenvalue weighted by atomic mass is 16.2. The van der Waals surface area contributed by atoms with Gasteiger partial charge in [0.15, 0.2) is 0 Å². The Morgan fingerprint density at radius 3 is 2.56 bits per heavy atom. The van der Waals surface area contributed by atoms with E-state index in [-0.39, 0.29) is 11.5 Å². The molecule has 4 rings (SSSR count). The standard InChI is InChI=1S/C22H23N3O2/c26-21-19-10-5-4-9-18(19)15-20(23-21)22(27)25-12-6-11-24(13-14-25)16-17-7-2-1-3-8-17/h1-5,7-10,15H,6,11-14,16H2,(H,23,26). The molecule has 5 heteroatoms. The van der Waals surface area contributed by atoms with Crippen molar-refractivity contribution < 1.29 is 4.79 Å². The van der Waals surface area contributed by atoms with Crippen LogP contribution in [0.1, 0.15) is 22.5 Å². The molecule has 1 fully saturated rings. The molecule has 1 saturated heterocycles. The quantitative estimate of drug-likeness (QED) is 0.780. The van der Waals surface area contributed by atoms with Crippen molar-refractivity contribution in [3.8, 4) is 0 Å². The molecule has 1 amide bonds. The lowest BCUT2D eigenvalue weighted by atomic mass is 10.1. The van der Waals surface area contributed by atoms with Gasteiger partial charge in [0.05, 0.1) is 0 Å². The summed E-state index contributed by atoms with van der Waals surface area (Å²) in [6, 6.07) is 19.5. The molecule has 0 aliphatic carbocycles. The SMILES string of the molecule is O=C(c1cc2ccccc2c(=O)[nH]1)N1CCCN(Cc2ccccc2)CC1. The van der Waals surface area contributed by atoms with Crippen molar-refractivity contribution in [1.29, 1.82) is 0 Å². The number of H-pyrrole nitrogens is 1. The van der Waals surface area contributed by atoms with E-state index in [1.807, 2.05) is 29.2 Å². The summed E-state index contributed by atoms with van der Waals surface area (Å²) in [7, 11) is 0. The smallest absolute Gasteiger partial charge is 0.270 e. The van der Waals surface area contributed by atoms with Crippen LogP contribution in [-0.2, 0) is 6.54 Å². The van der Waals surface area contributed by atoms with Crippen LogP contribution in [0.4, 0.5) is 0 Å². The molecule has 0 bridgehead atoms. The molecule has 1 aromatic heterocycles. The number of amides is 1. The molecule has 5 nitrogen and oxygen atoms in total. The van der Waals surface area contributed by atoms with Gasteiger partial charge >= 0.3 is 0 Å². The molecule has 2 aromatic carbocycles. The zero-order chi connectivity index (χ0) is 18.6. The van der Waals surface area contributed by atoms with Gasteiger partial charge in [-0.25, -0.2) is 0 Å². The van der Waals surface area contributed by atoms with Crippen LogP contribution in [-0.4, -0.2) is 46.9 Å². The zero-order valence-electron chi connectivity index (χ0n) is 15.2. The fraction of sp³-hybridized carbons (Fsp3) is 0.273. The van der Waals surface area contributed by atoms with E-state index in [2.05, 4.69) is 34.1 Å². The van der Waals surface area contributed by atoms with Crippen molar-refractivity contribution in [2.24, 2.45) is 0 Å². The Hall–Kier alpha value is -2.92. The fourth-order valence-electron chi connectivity index (χ4n) is 3.67. The number of aromatic amines is 1. The molecule has 138 valence electrons. The van der Waals surface area contributed by atoms with Gasteiger partial charge in [0, 0.05) is 38.1 Å². The van der Waals surface area contributed by atoms with Gasteiger partial charge in [-0.05, 0) is 29.5 Å². The maximum atomic E-state index is 13.0. The molecule has 3 aromatic rings. The van der Waals surface area contributed by atoms with Gasteiger partial charge in [-0.2, -0.15) is 0 Å². The van der Waals surface area contributed by atoms with Crippen LogP contribution in [0.25, 0.3) is 10.8 Å². The third-order valence-corrected chi connectivity index (χ3v) is 5.11. The fourth-order valence-corrected chi connectivity index (χ4v) is 3.67. The molecule has 1 aliphatic heterocycles. The van der Waals surface area contributed by atoms with Crippen LogP contribution in [0, 0.1) is 0 Å².